The zero-order chi connectivity index (χ0) is 16.1. The van der Waals surface area contributed by atoms with Crippen molar-refractivity contribution in [3.8, 4) is 0 Å². The molecule has 1 amide bonds. The fourth-order valence-electron chi connectivity index (χ4n) is 3.22. The Kier molecular flexibility index (Phi) is 4.98. The molecule has 1 aliphatic rings. The first kappa shape index (κ1) is 15.6. The van der Waals surface area contributed by atoms with Gasteiger partial charge in [-0.3, -0.25) is 4.79 Å². The first-order valence-electron chi connectivity index (χ1n) is 8.09. The molecule has 1 aliphatic heterocycles. The van der Waals surface area contributed by atoms with Gasteiger partial charge in [-0.2, -0.15) is 10.2 Å². The highest BCUT2D eigenvalue weighted by Crippen LogP contribution is 2.31. The predicted octanol–water partition coefficient (Wildman–Crippen LogP) is 2.32. The van der Waals surface area contributed by atoms with E-state index in [-0.39, 0.29) is 18.0 Å². The average molecular weight is 310 g/mol. The first-order valence-corrected chi connectivity index (χ1v) is 8.09. The highest BCUT2D eigenvalue weighted by atomic mass is 16.2. The van der Waals surface area contributed by atoms with Crippen LogP contribution in [0.4, 0.5) is 0 Å². The van der Waals surface area contributed by atoms with Gasteiger partial charge in [0.1, 0.15) is 0 Å². The third-order valence-corrected chi connectivity index (χ3v) is 4.42. The number of carbonyl (C=O) groups excluding carboxylic acids is 1. The quantitative estimate of drug-likeness (QED) is 0.941. The zero-order valence-electron chi connectivity index (χ0n) is 13.4. The van der Waals surface area contributed by atoms with Gasteiger partial charge in [-0.05, 0) is 44.0 Å². The maximum Gasteiger partial charge on any atom is 0.240 e. The van der Waals surface area contributed by atoms with Crippen molar-refractivity contribution in [2.24, 2.45) is 0 Å². The van der Waals surface area contributed by atoms with E-state index in [0.717, 1.165) is 25.0 Å². The van der Waals surface area contributed by atoms with E-state index >= 15 is 0 Å². The first-order chi connectivity index (χ1) is 11.3. The second kappa shape index (κ2) is 7.33. The lowest BCUT2D eigenvalue weighted by Gasteiger charge is -2.31. The number of nitrogens with one attached hydrogen (secondary N) is 1. The zero-order valence-corrected chi connectivity index (χ0v) is 13.4. The molecule has 0 aliphatic carbocycles. The van der Waals surface area contributed by atoms with Crippen molar-refractivity contribution in [3.63, 3.8) is 0 Å². The lowest BCUT2D eigenvalue weighted by atomic mass is 10.0. The molecule has 5 nitrogen and oxygen atoms in total. The molecule has 120 valence electrons. The molecule has 2 atom stereocenters. The summed E-state index contributed by atoms with van der Waals surface area (Å²) in [6, 6.07) is 14.0. The smallest absolute Gasteiger partial charge is 0.240 e. The van der Waals surface area contributed by atoms with Crippen molar-refractivity contribution in [2.45, 2.75) is 37.9 Å². The Morgan fingerprint density at radius 2 is 2.00 bits per heavy atom. The lowest BCUT2D eigenvalue weighted by Crippen LogP contribution is -2.44. The third kappa shape index (κ3) is 3.56. The van der Waals surface area contributed by atoms with Gasteiger partial charge in [0.2, 0.25) is 5.91 Å². The fourth-order valence-corrected chi connectivity index (χ4v) is 3.22. The molecule has 0 radical (unpaired) electrons. The van der Waals surface area contributed by atoms with Gasteiger partial charge < -0.3 is 10.2 Å². The SMILES string of the molecule is CNC1CCCC(c2ccccc2)N(Cc2cccnn2)C1=O. The second-order valence-electron chi connectivity index (χ2n) is 5.88. The van der Waals surface area contributed by atoms with Crippen LogP contribution in [-0.4, -0.2) is 34.1 Å². The van der Waals surface area contributed by atoms with Crippen LogP contribution in [0.1, 0.15) is 36.6 Å². The van der Waals surface area contributed by atoms with Gasteiger partial charge in [0.05, 0.1) is 24.3 Å². The summed E-state index contributed by atoms with van der Waals surface area (Å²) in [4.78, 5) is 14.9. The number of carbonyl (C=O) groups is 1. The van der Waals surface area contributed by atoms with Gasteiger partial charge in [-0.15, -0.1) is 0 Å². The Labute approximate surface area is 136 Å². The number of hydrogen-bond donors (Lipinski definition) is 1. The average Bonchev–Trinajstić information content (AvgIpc) is 2.76. The van der Waals surface area contributed by atoms with Gasteiger partial charge in [0.25, 0.3) is 0 Å². The van der Waals surface area contributed by atoms with E-state index in [2.05, 4.69) is 27.6 Å². The van der Waals surface area contributed by atoms with Crippen LogP contribution >= 0.6 is 0 Å². The van der Waals surface area contributed by atoms with Gasteiger partial charge >= 0.3 is 0 Å². The van der Waals surface area contributed by atoms with E-state index in [1.807, 2.05) is 42.3 Å². The Morgan fingerprint density at radius 1 is 1.17 bits per heavy atom. The second-order valence-corrected chi connectivity index (χ2v) is 5.88. The molecule has 1 N–H and O–H groups in total. The van der Waals surface area contributed by atoms with Crippen LogP contribution < -0.4 is 5.32 Å². The van der Waals surface area contributed by atoms with Crippen molar-refractivity contribution >= 4 is 5.91 Å². The van der Waals surface area contributed by atoms with Crippen LogP contribution in [0.3, 0.4) is 0 Å². The number of rotatable bonds is 4. The summed E-state index contributed by atoms with van der Waals surface area (Å²) in [7, 11) is 1.85. The third-order valence-electron chi connectivity index (χ3n) is 4.42. The van der Waals surface area contributed by atoms with E-state index in [1.165, 1.54) is 5.56 Å². The molecule has 1 aromatic heterocycles. The van der Waals surface area contributed by atoms with Crippen LogP contribution in [0, 0.1) is 0 Å². The lowest BCUT2D eigenvalue weighted by molar-refractivity contribution is -0.135. The van der Waals surface area contributed by atoms with Crippen LogP contribution in [0.5, 0.6) is 0 Å². The Hall–Kier alpha value is -2.27. The van der Waals surface area contributed by atoms with Crippen molar-refractivity contribution < 1.29 is 4.79 Å². The molecule has 0 spiro atoms. The van der Waals surface area contributed by atoms with Gasteiger partial charge in [-0.25, -0.2) is 0 Å². The monoisotopic (exact) mass is 310 g/mol. The molecule has 2 unspecified atom stereocenters. The molecule has 5 heteroatoms. The molecule has 23 heavy (non-hydrogen) atoms. The van der Waals surface area contributed by atoms with Gasteiger partial charge in [0.15, 0.2) is 0 Å². The Balaban J connectivity index is 1.93. The standard InChI is InChI=1S/C18H22N4O/c1-19-16-10-5-11-17(14-7-3-2-4-8-14)22(18(16)23)13-15-9-6-12-20-21-15/h2-4,6-9,12,16-17,19H,5,10-11,13H2,1H3. The maximum absolute atomic E-state index is 13.0. The largest absolute Gasteiger partial charge is 0.328 e. The summed E-state index contributed by atoms with van der Waals surface area (Å²) < 4.78 is 0. The van der Waals surface area contributed by atoms with Crippen LogP contribution in [0.25, 0.3) is 0 Å². The molecule has 0 bridgehead atoms. The normalized spacial score (nSPS) is 22.0. The van der Waals surface area contributed by atoms with E-state index in [0.29, 0.717) is 6.54 Å². The minimum atomic E-state index is -0.125. The number of nitrogens with zero attached hydrogens (tertiary/aromatic N) is 3. The number of aromatic nitrogens is 2. The van der Waals surface area contributed by atoms with Crippen molar-refractivity contribution in [3.05, 3.63) is 59.9 Å². The summed E-state index contributed by atoms with van der Waals surface area (Å²) in [5.41, 5.74) is 2.00. The molecule has 1 fully saturated rings. The molecule has 1 aromatic carbocycles. The highest BCUT2D eigenvalue weighted by molar-refractivity contribution is 5.82. The summed E-state index contributed by atoms with van der Waals surface area (Å²) in [6.45, 7) is 0.490. The molecule has 0 saturated carbocycles. The topological polar surface area (TPSA) is 58.1 Å². The van der Waals surface area contributed by atoms with E-state index in [9.17, 15) is 4.79 Å². The minimum Gasteiger partial charge on any atom is -0.328 e. The highest BCUT2D eigenvalue weighted by Gasteiger charge is 2.33. The van der Waals surface area contributed by atoms with Crippen molar-refractivity contribution in [2.75, 3.05) is 7.05 Å². The van der Waals surface area contributed by atoms with E-state index < -0.39 is 0 Å². The van der Waals surface area contributed by atoms with Gasteiger partial charge in [-0.1, -0.05) is 30.3 Å². The van der Waals surface area contributed by atoms with E-state index in [1.54, 1.807) is 6.20 Å². The maximum atomic E-state index is 13.0. The summed E-state index contributed by atoms with van der Waals surface area (Å²) in [5.74, 6) is 0.143. The number of likely N-dealkylation sites (tertiary alicyclic amines) is 1. The molecule has 1 saturated heterocycles. The Morgan fingerprint density at radius 3 is 2.70 bits per heavy atom. The molecule has 2 heterocycles. The molecule has 2 aromatic rings. The van der Waals surface area contributed by atoms with Gasteiger partial charge in [0, 0.05) is 6.20 Å². The van der Waals surface area contributed by atoms with Crippen molar-refractivity contribution in [1.29, 1.82) is 0 Å². The van der Waals surface area contributed by atoms with Crippen LogP contribution in [0.2, 0.25) is 0 Å². The number of likely N-dealkylation sites (N-methyl/N-ethyl adjacent to an activating group) is 1. The van der Waals surface area contributed by atoms with Crippen LogP contribution in [-0.2, 0) is 11.3 Å². The Bertz CT molecular complexity index is 632. The van der Waals surface area contributed by atoms with Crippen molar-refractivity contribution in [1.82, 2.24) is 20.4 Å². The van der Waals surface area contributed by atoms with E-state index in [4.69, 9.17) is 0 Å². The predicted molar refractivity (Wildman–Crippen MR) is 88.5 cm³/mol. The molecular formula is C18H22N4O. The number of hydrogen-bond acceptors (Lipinski definition) is 4. The fraction of sp³-hybridized carbons (Fsp3) is 0.389. The molecular weight excluding hydrogens is 288 g/mol. The minimum absolute atomic E-state index is 0.0871. The molecule has 3 rings (SSSR count). The number of amides is 1. The summed E-state index contributed by atoms with van der Waals surface area (Å²) >= 11 is 0. The summed E-state index contributed by atoms with van der Waals surface area (Å²) in [6.07, 6.45) is 4.51. The summed E-state index contributed by atoms with van der Waals surface area (Å²) in [5, 5.41) is 11.2. The number of benzene rings is 1. The van der Waals surface area contributed by atoms with Crippen LogP contribution in [0.15, 0.2) is 48.7 Å².